The number of aromatic nitrogens is 3. The molecule has 12 heteroatoms. The highest BCUT2D eigenvalue weighted by Gasteiger charge is 2.38. The highest BCUT2D eigenvalue weighted by atomic mass is 32.2. The van der Waals surface area contributed by atoms with E-state index in [0.29, 0.717) is 0 Å². The number of amides is 1. The van der Waals surface area contributed by atoms with Crippen LogP contribution < -0.4 is 0 Å². The summed E-state index contributed by atoms with van der Waals surface area (Å²) in [6, 6.07) is 5.46. The largest absolute Gasteiger partial charge is 0.471 e. The highest BCUT2D eigenvalue weighted by Crippen LogP contribution is 2.29. The average Bonchev–Trinajstić information content (AvgIpc) is 3.26. The van der Waals surface area contributed by atoms with Crippen molar-refractivity contribution in [2.45, 2.75) is 10.5 Å². The molecule has 1 amide bonds. The molecule has 0 aliphatic heterocycles. The summed E-state index contributed by atoms with van der Waals surface area (Å²) in [5, 5.41) is 4.86. The van der Waals surface area contributed by atoms with E-state index in [1.807, 2.05) is 0 Å². The van der Waals surface area contributed by atoms with Crippen LogP contribution in [0.15, 0.2) is 49.1 Å². The molecule has 2 aromatic heterocycles. The number of benzene rings is 1. The number of carbonyl (C=O) groups is 1. The van der Waals surface area contributed by atoms with Crippen molar-refractivity contribution in [1.29, 1.82) is 0 Å². The molecule has 2 heterocycles. The molecular formula is C14H9F3N4O3S2. The fourth-order valence-electron chi connectivity index (χ4n) is 1.89. The Labute approximate surface area is 149 Å². The second kappa shape index (κ2) is 6.61. The monoisotopic (exact) mass is 402 g/mol. The van der Waals surface area contributed by atoms with E-state index < -0.39 is 27.7 Å². The Balaban J connectivity index is 1.94. The number of alkyl halides is 3. The lowest BCUT2D eigenvalue weighted by Gasteiger charge is -2.01. The van der Waals surface area contributed by atoms with E-state index in [4.69, 9.17) is 0 Å². The topological polar surface area (TPSA) is 98.3 Å². The summed E-state index contributed by atoms with van der Waals surface area (Å²) >= 11 is 1.10. The summed E-state index contributed by atoms with van der Waals surface area (Å²) in [5.41, 5.74) is 0.147. The van der Waals surface area contributed by atoms with Crippen molar-refractivity contribution in [2.24, 2.45) is 4.36 Å². The molecule has 1 aromatic carbocycles. The molecule has 1 unspecified atom stereocenters. The quantitative estimate of drug-likeness (QED) is 0.665. The number of hydrogen-bond acceptors (Lipinski definition) is 7. The van der Waals surface area contributed by atoms with Crippen molar-refractivity contribution >= 4 is 27.0 Å². The van der Waals surface area contributed by atoms with E-state index in [1.165, 1.54) is 36.7 Å². The van der Waals surface area contributed by atoms with Crippen LogP contribution in [0.4, 0.5) is 13.2 Å². The highest BCUT2D eigenvalue weighted by molar-refractivity contribution is 7.95. The van der Waals surface area contributed by atoms with E-state index >= 15 is 0 Å². The molecule has 136 valence electrons. The van der Waals surface area contributed by atoms with Gasteiger partial charge in [0.25, 0.3) is 5.91 Å². The number of rotatable bonds is 3. The van der Waals surface area contributed by atoms with Gasteiger partial charge >= 0.3 is 12.1 Å². The van der Waals surface area contributed by atoms with Gasteiger partial charge in [-0.25, -0.2) is 9.19 Å². The van der Waals surface area contributed by atoms with Gasteiger partial charge in [0.2, 0.25) is 5.82 Å². The molecule has 0 bridgehead atoms. The molecule has 0 N–H and O–H groups in total. The van der Waals surface area contributed by atoms with E-state index in [1.54, 1.807) is 5.38 Å². The van der Waals surface area contributed by atoms with Crippen LogP contribution in [0.2, 0.25) is 0 Å². The summed E-state index contributed by atoms with van der Waals surface area (Å²) in [6.07, 6.45) is -2.05. The van der Waals surface area contributed by atoms with Crippen molar-refractivity contribution < 1.29 is 26.7 Å². The van der Waals surface area contributed by atoms with Crippen molar-refractivity contribution in [3.8, 4) is 11.4 Å². The van der Waals surface area contributed by atoms with Crippen molar-refractivity contribution in [2.75, 3.05) is 6.26 Å². The Morgan fingerprint density at radius 1 is 1.35 bits per heavy atom. The summed E-state index contributed by atoms with van der Waals surface area (Å²) in [4.78, 5) is 19.4. The first-order valence-electron chi connectivity index (χ1n) is 6.84. The third-order valence-corrected chi connectivity index (χ3v) is 6.08. The molecule has 0 fully saturated rings. The predicted molar refractivity (Wildman–Crippen MR) is 85.9 cm³/mol. The number of hydrogen-bond donors (Lipinski definition) is 0. The molecule has 0 aliphatic carbocycles. The molecule has 0 radical (unpaired) electrons. The zero-order valence-corrected chi connectivity index (χ0v) is 14.6. The third kappa shape index (κ3) is 3.80. The van der Waals surface area contributed by atoms with Crippen LogP contribution >= 0.6 is 11.3 Å². The first-order chi connectivity index (χ1) is 12.2. The van der Waals surface area contributed by atoms with Gasteiger partial charge in [0.05, 0.1) is 0 Å². The molecule has 3 rings (SSSR count). The zero-order valence-electron chi connectivity index (χ0n) is 12.9. The van der Waals surface area contributed by atoms with E-state index in [9.17, 15) is 22.2 Å². The van der Waals surface area contributed by atoms with Crippen LogP contribution in [0.25, 0.3) is 11.4 Å². The van der Waals surface area contributed by atoms with Gasteiger partial charge in [-0.2, -0.15) is 22.5 Å². The Morgan fingerprint density at radius 2 is 2.12 bits per heavy atom. The lowest BCUT2D eigenvalue weighted by Crippen LogP contribution is -2.05. The molecule has 1 atom stereocenters. The minimum absolute atomic E-state index is 0.0204. The Hall–Kier alpha value is -2.60. The molecule has 7 nitrogen and oxygen atoms in total. The molecule has 0 spiro atoms. The molecular weight excluding hydrogens is 393 g/mol. The molecule has 26 heavy (non-hydrogen) atoms. The fourth-order valence-corrected chi connectivity index (χ4v) is 4.00. The smallest absolute Gasteiger partial charge is 0.329 e. The second-order valence-corrected chi connectivity index (χ2v) is 8.33. The van der Waals surface area contributed by atoms with Crippen LogP contribution in [0.3, 0.4) is 0 Å². The van der Waals surface area contributed by atoms with Gasteiger partial charge in [-0.05, 0) is 12.1 Å². The lowest BCUT2D eigenvalue weighted by atomic mass is 10.1. The van der Waals surface area contributed by atoms with Crippen LogP contribution in [-0.2, 0) is 15.9 Å². The fraction of sp³-hybridized carbons (Fsp3) is 0.143. The zero-order chi connectivity index (χ0) is 18.9. The Morgan fingerprint density at radius 3 is 2.73 bits per heavy atom. The summed E-state index contributed by atoms with van der Waals surface area (Å²) < 4.78 is 58.2. The average molecular weight is 402 g/mol. The first kappa shape index (κ1) is 18.2. The standard InChI is InChI=1S/C14H9F3N4O3S2/c1-26(23,13-18-5-6-25-13)21-11(22)9-4-2-3-8(7-9)10-19-12(24-20-10)14(15,16)17/h2-7H,1H3. The summed E-state index contributed by atoms with van der Waals surface area (Å²) in [5.74, 6) is -2.62. The van der Waals surface area contributed by atoms with Crippen molar-refractivity contribution in [3.05, 3.63) is 47.3 Å². The molecule has 0 aliphatic rings. The molecule has 3 aromatic rings. The molecule has 0 saturated carbocycles. The van der Waals surface area contributed by atoms with E-state index in [2.05, 4.69) is 24.0 Å². The molecule has 0 saturated heterocycles. The number of halogens is 3. The van der Waals surface area contributed by atoms with Gasteiger partial charge < -0.3 is 4.52 Å². The van der Waals surface area contributed by atoms with Crippen LogP contribution in [-0.4, -0.2) is 31.5 Å². The summed E-state index contributed by atoms with van der Waals surface area (Å²) in [6.45, 7) is 0. The van der Waals surface area contributed by atoms with Gasteiger partial charge in [-0.3, -0.25) is 4.79 Å². The van der Waals surface area contributed by atoms with Gasteiger partial charge in [0.15, 0.2) is 4.34 Å². The minimum atomic E-state index is -4.77. The predicted octanol–water partition coefficient (Wildman–Crippen LogP) is 3.51. The van der Waals surface area contributed by atoms with E-state index in [-0.39, 0.29) is 21.3 Å². The normalized spacial score (nSPS) is 14.0. The van der Waals surface area contributed by atoms with Gasteiger partial charge in [0, 0.05) is 29.0 Å². The van der Waals surface area contributed by atoms with Crippen LogP contribution in [0, 0.1) is 0 Å². The lowest BCUT2D eigenvalue weighted by molar-refractivity contribution is -0.159. The Bertz CT molecular complexity index is 1070. The maximum absolute atomic E-state index is 12.5. The van der Waals surface area contributed by atoms with Crippen LogP contribution in [0.1, 0.15) is 16.2 Å². The van der Waals surface area contributed by atoms with Crippen molar-refractivity contribution in [1.82, 2.24) is 15.1 Å². The number of carbonyl (C=O) groups excluding carboxylic acids is 1. The number of thiazole rings is 1. The van der Waals surface area contributed by atoms with Gasteiger partial charge in [-0.15, -0.1) is 11.3 Å². The second-order valence-electron chi connectivity index (χ2n) is 5.00. The first-order valence-corrected chi connectivity index (χ1v) is 9.64. The van der Waals surface area contributed by atoms with Gasteiger partial charge in [0.1, 0.15) is 9.73 Å². The SMILES string of the molecule is CS(=O)(=NC(=O)c1cccc(-c2noc(C(F)(F)F)n2)c1)c1nccs1. The Kier molecular flexibility index (Phi) is 4.63. The number of nitrogens with zero attached hydrogens (tertiary/aromatic N) is 4. The maximum Gasteiger partial charge on any atom is 0.471 e. The van der Waals surface area contributed by atoms with Gasteiger partial charge in [-0.1, -0.05) is 17.3 Å². The van der Waals surface area contributed by atoms with E-state index in [0.717, 1.165) is 11.3 Å². The summed E-state index contributed by atoms with van der Waals surface area (Å²) in [7, 11) is -3.02. The van der Waals surface area contributed by atoms with Crippen LogP contribution in [0.5, 0.6) is 0 Å². The minimum Gasteiger partial charge on any atom is -0.329 e. The maximum atomic E-state index is 12.5. The third-order valence-electron chi connectivity index (χ3n) is 3.03. The van der Waals surface area contributed by atoms with Crippen molar-refractivity contribution in [3.63, 3.8) is 0 Å².